The molecule has 31 heavy (non-hydrogen) atoms. The molecule has 8 nitrogen and oxygen atoms in total. The van der Waals surface area contributed by atoms with Gasteiger partial charge in [0.2, 0.25) is 5.91 Å². The Morgan fingerprint density at radius 3 is 2.65 bits per heavy atom. The Balaban J connectivity index is 2.05. The van der Waals surface area contributed by atoms with E-state index >= 15 is 0 Å². The number of nitriles is 1. The summed E-state index contributed by atoms with van der Waals surface area (Å²) in [5.74, 6) is -0.0462. The maximum absolute atomic E-state index is 13.4. The van der Waals surface area contributed by atoms with Crippen molar-refractivity contribution in [2.24, 2.45) is 5.73 Å². The number of thioether (sulfide) groups is 1. The van der Waals surface area contributed by atoms with Crippen LogP contribution in [0.3, 0.4) is 0 Å². The minimum atomic E-state index is -0.745. The number of primary amides is 1. The van der Waals surface area contributed by atoms with Gasteiger partial charge in [0, 0.05) is 5.70 Å². The van der Waals surface area contributed by atoms with Crippen LogP contribution in [0.4, 0.5) is 5.69 Å². The van der Waals surface area contributed by atoms with Crippen molar-refractivity contribution in [3.05, 3.63) is 69.8 Å². The van der Waals surface area contributed by atoms with Gasteiger partial charge in [0.05, 0.1) is 46.7 Å². The van der Waals surface area contributed by atoms with E-state index in [1.54, 1.807) is 50.2 Å². The monoisotopic (exact) mass is 438 g/mol. The number of nitrogens with zero attached hydrogens (tertiary/aromatic N) is 1. The zero-order valence-electron chi connectivity index (χ0n) is 17.3. The molecule has 1 unspecified atom stereocenters. The summed E-state index contributed by atoms with van der Waals surface area (Å²) in [6.07, 6.45) is 0. The summed E-state index contributed by atoms with van der Waals surface area (Å²) in [6, 6.07) is 12.7. The molecule has 2 heterocycles. The third-order valence-electron chi connectivity index (χ3n) is 4.65. The first-order chi connectivity index (χ1) is 14.8. The number of anilines is 1. The summed E-state index contributed by atoms with van der Waals surface area (Å²) in [6.45, 7) is 3.52. The number of aryl methyl sites for hydroxylation is 1. The molecule has 0 saturated carbocycles. The molecular formula is C22H22N4O4S. The zero-order valence-corrected chi connectivity index (χ0v) is 18.1. The molecule has 9 heteroatoms. The van der Waals surface area contributed by atoms with E-state index in [4.69, 9.17) is 14.9 Å². The average molecular weight is 439 g/mol. The van der Waals surface area contributed by atoms with Gasteiger partial charge >= 0.3 is 0 Å². The maximum atomic E-state index is 13.4. The Hall–Kier alpha value is -3.64. The Morgan fingerprint density at radius 1 is 1.29 bits per heavy atom. The molecule has 1 aromatic carbocycles. The fraction of sp³-hybridized carbons (Fsp3) is 0.227. The summed E-state index contributed by atoms with van der Waals surface area (Å²) >= 11 is 1.11. The number of furan rings is 1. The SMILES string of the molecule is COc1ccccc1NC(=O)C1=C(C)NC(SCC(N)=O)=C(C#N)C1c1ccc(C)o1. The molecule has 0 bridgehead atoms. The lowest BCUT2D eigenvalue weighted by Gasteiger charge is -2.28. The summed E-state index contributed by atoms with van der Waals surface area (Å²) < 4.78 is 11.1. The highest BCUT2D eigenvalue weighted by Crippen LogP contribution is 2.41. The van der Waals surface area contributed by atoms with Crippen LogP contribution in [0, 0.1) is 18.3 Å². The summed E-state index contributed by atoms with van der Waals surface area (Å²) in [5, 5.41) is 16.3. The van der Waals surface area contributed by atoms with Gasteiger partial charge in [-0.1, -0.05) is 23.9 Å². The second-order valence-electron chi connectivity index (χ2n) is 6.81. The van der Waals surface area contributed by atoms with E-state index in [1.807, 2.05) is 0 Å². The number of allylic oxidation sites excluding steroid dienone is 2. The molecule has 1 atom stereocenters. The van der Waals surface area contributed by atoms with Gasteiger partial charge in [0.15, 0.2) is 0 Å². The number of dihydropyridines is 1. The Labute approximate surface area is 184 Å². The largest absolute Gasteiger partial charge is 0.495 e. The number of rotatable bonds is 7. The van der Waals surface area contributed by atoms with Crippen LogP contribution in [0.15, 0.2) is 62.7 Å². The number of ether oxygens (including phenoxy) is 1. The molecule has 1 aliphatic rings. The third kappa shape index (κ3) is 4.75. The van der Waals surface area contributed by atoms with Crippen LogP contribution >= 0.6 is 11.8 Å². The van der Waals surface area contributed by atoms with Crippen LogP contribution in [0.1, 0.15) is 24.4 Å². The van der Waals surface area contributed by atoms with Gasteiger partial charge in [-0.2, -0.15) is 5.26 Å². The smallest absolute Gasteiger partial charge is 0.254 e. The topological polar surface area (TPSA) is 130 Å². The normalized spacial score (nSPS) is 15.9. The van der Waals surface area contributed by atoms with Gasteiger partial charge in [0.1, 0.15) is 17.3 Å². The van der Waals surface area contributed by atoms with Crippen LogP contribution in [-0.2, 0) is 9.59 Å². The summed E-state index contributed by atoms with van der Waals surface area (Å²) in [4.78, 5) is 24.6. The molecule has 4 N–H and O–H groups in total. The van der Waals surface area contributed by atoms with Gasteiger partial charge < -0.3 is 25.5 Å². The molecule has 3 rings (SSSR count). The zero-order chi connectivity index (χ0) is 22.5. The molecule has 1 aromatic heterocycles. The minimum Gasteiger partial charge on any atom is -0.495 e. The number of hydrogen-bond donors (Lipinski definition) is 3. The molecule has 2 aromatic rings. The number of hydrogen-bond acceptors (Lipinski definition) is 7. The van der Waals surface area contributed by atoms with Gasteiger partial charge in [-0.05, 0) is 38.1 Å². The molecule has 2 amide bonds. The van der Waals surface area contributed by atoms with Crippen molar-refractivity contribution in [2.45, 2.75) is 19.8 Å². The lowest BCUT2D eigenvalue weighted by atomic mass is 9.85. The van der Waals surface area contributed by atoms with Crippen molar-refractivity contribution >= 4 is 29.3 Å². The average Bonchev–Trinajstić information content (AvgIpc) is 3.17. The van der Waals surface area contributed by atoms with Gasteiger partial charge in [-0.15, -0.1) is 0 Å². The molecule has 1 aliphatic heterocycles. The number of amides is 2. The van der Waals surface area contributed by atoms with Crippen molar-refractivity contribution < 1.29 is 18.7 Å². The first-order valence-corrected chi connectivity index (χ1v) is 10.4. The Bertz CT molecular complexity index is 1130. The van der Waals surface area contributed by atoms with Crippen LogP contribution in [-0.4, -0.2) is 24.7 Å². The lowest BCUT2D eigenvalue weighted by Crippen LogP contribution is -2.31. The maximum Gasteiger partial charge on any atom is 0.254 e. The van der Waals surface area contributed by atoms with Gasteiger partial charge in [-0.3, -0.25) is 9.59 Å². The van der Waals surface area contributed by atoms with E-state index < -0.39 is 17.7 Å². The van der Waals surface area contributed by atoms with Crippen LogP contribution < -0.4 is 21.1 Å². The van der Waals surface area contributed by atoms with E-state index in [1.165, 1.54) is 7.11 Å². The van der Waals surface area contributed by atoms with Crippen molar-refractivity contribution in [2.75, 3.05) is 18.2 Å². The fourth-order valence-corrected chi connectivity index (χ4v) is 4.13. The van der Waals surface area contributed by atoms with Gasteiger partial charge in [-0.25, -0.2) is 0 Å². The number of carbonyl (C=O) groups excluding carboxylic acids is 2. The quantitative estimate of drug-likeness (QED) is 0.605. The first kappa shape index (κ1) is 22.1. The number of para-hydroxylation sites is 2. The molecular weight excluding hydrogens is 416 g/mol. The van der Waals surface area contributed by atoms with Crippen LogP contribution in [0.25, 0.3) is 0 Å². The summed E-state index contributed by atoms with van der Waals surface area (Å²) in [5.41, 5.74) is 6.92. The second kappa shape index (κ2) is 9.45. The van der Waals surface area contributed by atoms with Crippen molar-refractivity contribution in [1.82, 2.24) is 5.32 Å². The number of benzene rings is 1. The molecule has 0 fully saturated rings. The predicted molar refractivity (Wildman–Crippen MR) is 118 cm³/mol. The molecule has 160 valence electrons. The number of carbonyl (C=O) groups is 2. The van der Waals surface area contributed by atoms with E-state index in [0.717, 1.165) is 11.8 Å². The van der Waals surface area contributed by atoms with E-state index in [0.29, 0.717) is 39.3 Å². The first-order valence-electron chi connectivity index (χ1n) is 9.39. The lowest BCUT2D eigenvalue weighted by molar-refractivity contribution is -0.115. The standard InChI is InChI=1S/C22H22N4O4S/c1-12-8-9-17(30-12)20-14(10-23)22(31-11-18(24)27)25-13(2)19(20)21(28)26-15-6-4-5-7-16(15)29-3/h4-9,20,25H,11H2,1-3H3,(H2,24,27)(H,26,28). The molecule has 0 spiro atoms. The highest BCUT2D eigenvalue weighted by Gasteiger charge is 2.37. The number of methoxy groups -OCH3 is 1. The predicted octanol–water partition coefficient (Wildman–Crippen LogP) is 3.15. The van der Waals surface area contributed by atoms with Crippen molar-refractivity contribution in [1.29, 1.82) is 5.26 Å². The molecule has 0 saturated heterocycles. The Kier molecular flexibility index (Phi) is 6.72. The molecule has 0 radical (unpaired) electrons. The van der Waals surface area contributed by atoms with Crippen molar-refractivity contribution in [3.63, 3.8) is 0 Å². The highest BCUT2D eigenvalue weighted by atomic mass is 32.2. The fourth-order valence-electron chi connectivity index (χ4n) is 3.30. The highest BCUT2D eigenvalue weighted by molar-refractivity contribution is 8.03. The summed E-state index contributed by atoms with van der Waals surface area (Å²) in [7, 11) is 1.52. The second-order valence-corrected chi connectivity index (χ2v) is 7.79. The van der Waals surface area contributed by atoms with E-state index in [-0.39, 0.29) is 11.3 Å². The number of nitrogens with one attached hydrogen (secondary N) is 2. The molecule has 0 aliphatic carbocycles. The van der Waals surface area contributed by atoms with E-state index in [2.05, 4.69) is 16.7 Å². The van der Waals surface area contributed by atoms with Crippen LogP contribution in [0.2, 0.25) is 0 Å². The van der Waals surface area contributed by atoms with Crippen LogP contribution in [0.5, 0.6) is 5.75 Å². The Morgan fingerprint density at radius 2 is 2.03 bits per heavy atom. The number of nitrogens with two attached hydrogens (primary N) is 1. The van der Waals surface area contributed by atoms with Crippen molar-refractivity contribution in [3.8, 4) is 11.8 Å². The third-order valence-corrected chi connectivity index (χ3v) is 5.69. The minimum absolute atomic E-state index is 0.00651. The van der Waals surface area contributed by atoms with Gasteiger partial charge in [0.25, 0.3) is 5.91 Å². The van der Waals surface area contributed by atoms with E-state index in [9.17, 15) is 14.9 Å².